The smallest absolute Gasteiger partial charge is 0.221 e. The first-order valence-electron chi connectivity index (χ1n) is 4.12. The third kappa shape index (κ3) is 2.29. The summed E-state index contributed by atoms with van der Waals surface area (Å²) in [5, 5.41) is 11.7. The Hall–Kier alpha value is -1.35. The summed E-state index contributed by atoms with van der Waals surface area (Å²) in [7, 11) is 0. The maximum Gasteiger partial charge on any atom is 0.221 e. The van der Waals surface area contributed by atoms with E-state index in [9.17, 15) is 4.79 Å². The van der Waals surface area contributed by atoms with Gasteiger partial charge < -0.3 is 10.4 Å². The van der Waals surface area contributed by atoms with Crippen LogP contribution in [-0.2, 0) is 11.4 Å². The minimum absolute atomic E-state index is 0.0582. The number of carbonyl (C=O) groups excluding carboxylic acids is 1. The summed E-state index contributed by atoms with van der Waals surface area (Å²) in [5.41, 5.74) is 2.43. The molecule has 2 N–H and O–H groups in total. The second kappa shape index (κ2) is 4.05. The first kappa shape index (κ1) is 9.74. The second-order valence-electron chi connectivity index (χ2n) is 2.95. The van der Waals surface area contributed by atoms with Gasteiger partial charge in [0.25, 0.3) is 0 Å². The third-order valence-electron chi connectivity index (χ3n) is 1.83. The van der Waals surface area contributed by atoms with Crippen LogP contribution in [0.15, 0.2) is 18.2 Å². The molecule has 0 fully saturated rings. The molecule has 0 unspecified atom stereocenters. The molecule has 0 saturated heterocycles. The quantitative estimate of drug-likeness (QED) is 0.721. The fraction of sp³-hybridized carbons (Fsp3) is 0.300. The normalized spacial score (nSPS) is 9.77. The van der Waals surface area contributed by atoms with Crippen LogP contribution in [-0.4, -0.2) is 11.0 Å². The highest BCUT2D eigenvalue weighted by Gasteiger charge is 2.04. The lowest BCUT2D eigenvalue weighted by Gasteiger charge is -2.10. The summed E-state index contributed by atoms with van der Waals surface area (Å²) in [6.45, 7) is 3.29. The Morgan fingerprint density at radius 1 is 1.54 bits per heavy atom. The maximum absolute atomic E-state index is 10.8. The van der Waals surface area contributed by atoms with Gasteiger partial charge in [0.2, 0.25) is 5.91 Å². The van der Waals surface area contributed by atoms with Crippen molar-refractivity contribution in [2.75, 3.05) is 5.32 Å². The molecule has 0 saturated carbocycles. The number of aryl methyl sites for hydroxylation is 1. The molecule has 1 amide bonds. The number of anilines is 1. The molecule has 1 aromatic rings. The zero-order chi connectivity index (χ0) is 9.84. The topological polar surface area (TPSA) is 49.3 Å². The van der Waals surface area contributed by atoms with Gasteiger partial charge in [-0.3, -0.25) is 4.79 Å². The van der Waals surface area contributed by atoms with E-state index in [2.05, 4.69) is 5.32 Å². The molecule has 0 heterocycles. The molecule has 0 aliphatic heterocycles. The molecule has 1 rings (SSSR count). The molecule has 0 atom stereocenters. The Morgan fingerprint density at radius 3 is 2.77 bits per heavy atom. The second-order valence-corrected chi connectivity index (χ2v) is 2.95. The van der Waals surface area contributed by atoms with E-state index in [1.165, 1.54) is 6.92 Å². The van der Waals surface area contributed by atoms with Gasteiger partial charge in [0.05, 0.1) is 6.61 Å². The van der Waals surface area contributed by atoms with Gasteiger partial charge in [-0.2, -0.15) is 0 Å². The number of carbonyl (C=O) groups is 1. The minimum Gasteiger partial charge on any atom is -0.392 e. The summed E-state index contributed by atoms with van der Waals surface area (Å²) in [5.74, 6) is -0.121. The van der Waals surface area contributed by atoms with Crippen molar-refractivity contribution in [3.8, 4) is 0 Å². The highest BCUT2D eigenvalue weighted by molar-refractivity contribution is 5.90. The molecule has 3 heteroatoms. The molecule has 0 bridgehead atoms. The van der Waals surface area contributed by atoms with Crippen LogP contribution in [0.4, 0.5) is 5.69 Å². The van der Waals surface area contributed by atoms with Crippen molar-refractivity contribution < 1.29 is 9.90 Å². The SMILES string of the molecule is CC(=O)Nc1c(C)cccc1CO. The van der Waals surface area contributed by atoms with Crippen molar-refractivity contribution in [1.29, 1.82) is 0 Å². The molecule has 70 valence electrons. The Kier molecular flexibility index (Phi) is 3.03. The fourth-order valence-electron chi connectivity index (χ4n) is 1.22. The molecular formula is C10H13NO2. The van der Waals surface area contributed by atoms with Crippen molar-refractivity contribution >= 4 is 11.6 Å². The zero-order valence-electron chi connectivity index (χ0n) is 7.79. The number of amides is 1. The van der Waals surface area contributed by atoms with Crippen molar-refractivity contribution in [2.45, 2.75) is 20.5 Å². The van der Waals surface area contributed by atoms with Crippen molar-refractivity contribution in [1.82, 2.24) is 0 Å². The number of benzene rings is 1. The number of hydrogen-bond acceptors (Lipinski definition) is 2. The minimum atomic E-state index is -0.121. The largest absolute Gasteiger partial charge is 0.392 e. The monoisotopic (exact) mass is 179 g/mol. The van der Waals surface area contributed by atoms with Crippen LogP contribution >= 0.6 is 0 Å². The van der Waals surface area contributed by atoms with Gasteiger partial charge in [-0.05, 0) is 12.5 Å². The van der Waals surface area contributed by atoms with E-state index in [0.29, 0.717) is 0 Å². The van der Waals surface area contributed by atoms with Crippen LogP contribution in [0.25, 0.3) is 0 Å². The van der Waals surface area contributed by atoms with Gasteiger partial charge in [0.1, 0.15) is 0 Å². The number of para-hydroxylation sites is 1. The van der Waals surface area contributed by atoms with Crippen LogP contribution in [0.3, 0.4) is 0 Å². The molecule has 3 nitrogen and oxygen atoms in total. The zero-order valence-corrected chi connectivity index (χ0v) is 7.79. The van der Waals surface area contributed by atoms with E-state index in [1.807, 2.05) is 19.1 Å². The van der Waals surface area contributed by atoms with Gasteiger partial charge in [0, 0.05) is 18.2 Å². The third-order valence-corrected chi connectivity index (χ3v) is 1.83. The predicted molar refractivity (Wildman–Crippen MR) is 51.4 cm³/mol. The Morgan fingerprint density at radius 2 is 2.23 bits per heavy atom. The van der Waals surface area contributed by atoms with Crippen molar-refractivity contribution in [2.24, 2.45) is 0 Å². The maximum atomic E-state index is 10.8. The van der Waals surface area contributed by atoms with Gasteiger partial charge in [-0.15, -0.1) is 0 Å². The Bertz CT molecular complexity index is 321. The number of hydrogen-bond donors (Lipinski definition) is 2. The molecule has 0 aliphatic carbocycles. The lowest BCUT2D eigenvalue weighted by Crippen LogP contribution is -2.09. The lowest BCUT2D eigenvalue weighted by molar-refractivity contribution is -0.114. The van der Waals surface area contributed by atoms with Gasteiger partial charge in [-0.25, -0.2) is 0 Å². The molecular weight excluding hydrogens is 166 g/mol. The van der Waals surface area contributed by atoms with Gasteiger partial charge in [0.15, 0.2) is 0 Å². The summed E-state index contributed by atoms with van der Waals surface area (Å²) in [6, 6.07) is 5.54. The average molecular weight is 179 g/mol. The standard InChI is InChI=1S/C10H13NO2/c1-7-4-3-5-9(6-12)10(7)11-8(2)13/h3-5,12H,6H2,1-2H3,(H,11,13). The molecule has 1 aromatic carbocycles. The first-order chi connectivity index (χ1) is 6.15. The Labute approximate surface area is 77.4 Å². The number of rotatable bonds is 2. The van der Waals surface area contributed by atoms with Crippen molar-refractivity contribution in [3.63, 3.8) is 0 Å². The fourth-order valence-corrected chi connectivity index (χ4v) is 1.22. The number of aliphatic hydroxyl groups is 1. The van der Waals surface area contributed by atoms with Crippen LogP contribution in [0.1, 0.15) is 18.1 Å². The molecule has 13 heavy (non-hydrogen) atoms. The van der Waals surface area contributed by atoms with Crippen LogP contribution in [0.2, 0.25) is 0 Å². The molecule has 0 radical (unpaired) electrons. The van der Waals surface area contributed by atoms with Crippen LogP contribution < -0.4 is 5.32 Å². The summed E-state index contributed by atoms with van der Waals surface area (Å²) < 4.78 is 0. The summed E-state index contributed by atoms with van der Waals surface area (Å²) >= 11 is 0. The summed E-state index contributed by atoms with van der Waals surface area (Å²) in [6.07, 6.45) is 0. The Balaban J connectivity index is 3.07. The lowest BCUT2D eigenvalue weighted by atomic mass is 10.1. The van der Waals surface area contributed by atoms with Crippen LogP contribution in [0.5, 0.6) is 0 Å². The van der Waals surface area contributed by atoms with E-state index in [-0.39, 0.29) is 12.5 Å². The van der Waals surface area contributed by atoms with Crippen LogP contribution in [0, 0.1) is 6.92 Å². The molecule has 0 aliphatic rings. The molecule has 0 aromatic heterocycles. The molecule has 0 spiro atoms. The average Bonchev–Trinajstić information content (AvgIpc) is 2.08. The van der Waals surface area contributed by atoms with E-state index >= 15 is 0 Å². The number of nitrogens with one attached hydrogen (secondary N) is 1. The van der Waals surface area contributed by atoms with Crippen molar-refractivity contribution in [3.05, 3.63) is 29.3 Å². The van der Waals surface area contributed by atoms with E-state index in [1.54, 1.807) is 6.07 Å². The summed E-state index contributed by atoms with van der Waals surface area (Å²) in [4.78, 5) is 10.8. The number of aliphatic hydroxyl groups excluding tert-OH is 1. The van der Waals surface area contributed by atoms with E-state index in [4.69, 9.17) is 5.11 Å². The van der Waals surface area contributed by atoms with Gasteiger partial charge >= 0.3 is 0 Å². The van der Waals surface area contributed by atoms with Gasteiger partial charge in [-0.1, -0.05) is 18.2 Å². The highest BCUT2D eigenvalue weighted by atomic mass is 16.3. The van der Waals surface area contributed by atoms with E-state index in [0.717, 1.165) is 16.8 Å². The predicted octanol–water partition coefficient (Wildman–Crippen LogP) is 1.45. The van der Waals surface area contributed by atoms with E-state index < -0.39 is 0 Å². The highest BCUT2D eigenvalue weighted by Crippen LogP contribution is 2.20. The first-order valence-corrected chi connectivity index (χ1v) is 4.12.